The van der Waals surface area contributed by atoms with Crippen molar-refractivity contribution in [2.75, 3.05) is 20.8 Å². The summed E-state index contributed by atoms with van der Waals surface area (Å²) in [7, 11) is -1.07. The average molecular weight is 315 g/mol. The molecule has 116 valence electrons. The van der Waals surface area contributed by atoms with Crippen molar-refractivity contribution in [1.82, 2.24) is 4.31 Å². The van der Waals surface area contributed by atoms with E-state index in [0.717, 1.165) is 4.31 Å². The van der Waals surface area contributed by atoms with Crippen LogP contribution in [0.3, 0.4) is 0 Å². The van der Waals surface area contributed by atoms with Gasteiger partial charge in [-0.05, 0) is 12.8 Å². The van der Waals surface area contributed by atoms with Crippen LogP contribution in [0.4, 0.5) is 0 Å². The third kappa shape index (κ3) is 2.96. The minimum atomic E-state index is -3.91. The summed E-state index contributed by atoms with van der Waals surface area (Å²) in [6.45, 7) is 0.193. The Hall–Kier alpha value is -1.80. The maximum absolute atomic E-state index is 12.6. The van der Waals surface area contributed by atoms with Crippen LogP contribution in [-0.2, 0) is 14.8 Å². The molecule has 21 heavy (non-hydrogen) atoms. The number of sulfonamides is 1. The standard InChI is InChI=1S/C13H17NO6S/c1-19-9-6-10(20-2)8-11(7-9)21(17,18)14-5-3-4-12(14)13(15)16/h6-8,12H,3-5H2,1-2H3,(H,15,16)/t12-/m1/s1. The number of benzene rings is 1. The number of ether oxygens (including phenoxy) is 2. The van der Waals surface area contributed by atoms with Crippen molar-refractivity contribution in [3.8, 4) is 11.5 Å². The first-order chi connectivity index (χ1) is 9.90. The lowest BCUT2D eigenvalue weighted by molar-refractivity contribution is -0.140. The van der Waals surface area contributed by atoms with Crippen molar-refractivity contribution in [3.05, 3.63) is 18.2 Å². The van der Waals surface area contributed by atoms with Crippen LogP contribution >= 0.6 is 0 Å². The van der Waals surface area contributed by atoms with E-state index in [9.17, 15) is 13.2 Å². The molecule has 0 spiro atoms. The van der Waals surface area contributed by atoms with Gasteiger partial charge in [0.15, 0.2) is 0 Å². The van der Waals surface area contributed by atoms with Gasteiger partial charge in [0, 0.05) is 24.7 Å². The summed E-state index contributed by atoms with van der Waals surface area (Å²) < 4.78 is 36.4. The summed E-state index contributed by atoms with van der Waals surface area (Å²) in [5.74, 6) is -0.469. The van der Waals surface area contributed by atoms with Gasteiger partial charge in [-0.25, -0.2) is 8.42 Å². The Morgan fingerprint density at radius 1 is 1.24 bits per heavy atom. The number of hydrogen-bond donors (Lipinski definition) is 1. The molecule has 1 atom stereocenters. The Morgan fingerprint density at radius 3 is 2.29 bits per heavy atom. The number of hydrogen-bond acceptors (Lipinski definition) is 5. The lowest BCUT2D eigenvalue weighted by Gasteiger charge is -2.21. The summed E-state index contributed by atoms with van der Waals surface area (Å²) in [5.41, 5.74) is 0. The van der Waals surface area contributed by atoms with Crippen molar-refractivity contribution < 1.29 is 27.8 Å². The summed E-state index contributed by atoms with van der Waals surface area (Å²) in [5, 5.41) is 9.14. The molecular weight excluding hydrogens is 298 g/mol. The van der Waals surface area contributed by atoms with Gasteiger partial charge in [0.2, 0.25) is 10.0 Å². The average Bonchev–Trinajstić information content (AvgIpc) is 2.97. The zero-order chi connectivity index (χ0) is 15.6. The van der Waals surface area contributed by atoms with E-state index in [2.05, 4.69) is 0 Å². The Balaban J connectivity index is 2.46. The number of aliphatic carboxylic acids is 1. The molecule has 0 bridgehead atoms. The quantitative estimate of drug-likeness (QED) is 0.869. The fraction of sp³-hybridized carbons (Fsp3) is 0.462. The fourth-order valence-corrected chi connectivity index (χ4v) is 4.04. The van der Waals surface area contributed by atoms with Crippen molar-refractivity contribution in [2.24, 2.45) is 0 Å². The Kier molecular flexibility index (Phi) is 4.38. The second kappa shape index (κ2) is 5.90. The van der Waals surface area contributed by atoms with Gasteiger partial charge < -0.3 is 14.6 Å². The first-order valence-corrected chi connectivity index (χ1v) is 7.82. The van der Waals surface area contributed by atoms with E-state index in [1.54, 1.807) is 6.07 Å². The van der Waals surface area contributed by atoms with Gasteiger partial charge in [0.1, 0.15) is 17.5 Å². The van der Waals surface area contributed by atoms with Crippen molar-refractivity contribution in [2.45, 2.75) is 23.8 Å². The second-order valence-corrected chi connectivity index (χ2v) is 6.55. The van der Waals surface area contributed by atoms with Gasteiger partial charge >= 0.3 is 5.97 Å². The van der Waals surface area contributed by atoms with E-state index < -0.39 is 22.0 Å². The van der Waals surface area contributed by atoms with E-state index in [1.165, 1.54) is 26.4 Å². The molecule has 7 nitrogen and oxygen atoms in total. The van der Waals surface area contributed by atoms with E-state index in [-0.39, 0.29) is 11.4 Å². The molecule has 1 aromatic rings. The van der Waals surface area contributed by atoms with Crippen LogP contribution in [0.1, 0.15) is 12.8 Å². The van der Waals surface area contributed by atoms with E-state index >= 15 is 0 Å². The van der Waals surface area contributed by atoms with Crippen LogP contribution < -0.4 is 9.47 Å². The summed E-state index contributed by atoms with van der Waals surface area (Å²) in [6, 6.07) is 3.24. The molecule has 0 saturated carbocycles. The van der Waals surface area contributed by atoms with Crippen molar-refractivity contribution >= 4 is 16.0 Å². The largest absolute Gasteiger partial charge is 0.497 e. The minimum Gasteiger partial charge on any atom is -0.497 e. The van der Waals surface area contributed by atoms with Gasteiger partial charge in [-0.3, -0.25) is 4.79 Å². The highest BCUT2D eigenvalue weighted by Gasteiger charge is 2.39. The summed E-state index contributed by atoms with van der Waals surface area (Å²) in [6.07, 6.45) is 0.840. The SMILES string of the molecule is COc1cc(OC)cc(S(=O)(=O)N2CCC[C@@H]2C(=O)O)c1. The number of carbonyl (C=O) groups is 1. The minimum absolute atomic E-state index is 0.0353. The zero-order valence-electron chi connectivity index (χ0n) is 11.8. The molecule has 1 aliphatic heterocycles. The molecule has 0 aliphatic carbocycles. The van der Waals surface area contributed by atoms with E-state index in [0.29, 0.717) is 24.3 Å². The topological polar surface area (TPSA) is 93.1 Å². The number of rotatable bonds is 5. The molecule has 1 saturated heterocycles. The fourth-order valence-electron chi connectivity index (χ4n) is 2.34. The molecule has 0 amide bonds. The predicted octanol–water partition coefficient (Wildman–Crippen LogP) is 0.941. The maximum Gasteiger partial charge on any atom is 0.322 e. The number of methoxy groups -OCH3 is 2. The third-order valence-electron chi connectivity index (χ3n) is 3.42. The number of carboxylic acids is 1. The monoisotopic (exact) mass is 315 g/mol. The molecule has 1 N–H and O–H groups in total. The van der Waals surface area contributed by atoms with Crippen LogP contribution in [0.2, 0.25) is 0 Å². The summed E-state index contributed by atoms with van der Waals surface area (Å²) >= 11 is 0. The normalized spacial score (nSPS) is 19.4. The van der Waals surface area contributed by atoms with Gasteiger partial charge in [-0.2, -0.15) is 4.31 Å². The second-order valence-electron chi connectivity index (χ2n) is 4.66. The van der Waals surface area contributed by atoms with Crippen LogP contribution in [0, 0.1) is 0 Å². The molecule has 0 unspecified atom stereocenters. The molecule has 1 heterocycles. The Morgan fingerprint density at radius 2 is 1.81 bits per heavy atom. The highest BCUT2D eigenvalue weighted by Crippen LogP contribution is 2.31. The van der Waals surface area contributed by atoms with Crippen molar-refractivity contribution in [1.29, 1.82) is 0 Å². The van der Waals surface area contributed by atoms with Crippen LogP contribution in [0.25, 0.3) is 0 Å². The zero-order valence-corrected chi connectivity index (χ0v) is 12.6. The number of carboxylic acid groups (broad SMARTS) is 1. The molecule has 0 aromatic heterocycles. The van der Waals surface area contributed by atoms with Crippen LogP contribution in [0.15, 0.2) is 23.1 Å². The smallest absolute Gasteiger partial charge is 0.322 e. The maximum atomic E-state index is 12.6. The van der Waals surface area contributed by atoms with Gasteiger partial charge in [-0.1, -0.05) is 0 Å². The van der Waals surface area contributed by atoms with Gasteiger partial charge in [0.25, 0.3) is 0 Å². The van der Waals surface area contributed by atoms with Crippen molar-refractivity contribution in [3.63, 3.8) is 0 Å². The highest BCUT2D eigenvalue weighted by atomic mass is 32.2. The molecule has 0 radical (unpaired) electrons. The van der Waals surface area contributed by atoms with E-state index in [4.69, 9.17) is 14.6 Å². The summed E-state index contributed by atoms with van der Waals surface area (Å²) in [4.78, 5) is 11.1. The molecule has 1 fully saturated rings. The Labute approximate surface area is 123 Å². The first-order valence-electron chi connectivity index (χ1n) is 6.38. The van der Waals surface area contributed by atoms with Gasteiger partial charge in [0.05, 0.1) is 19.1 Å². The number of nitrogens with zero attached hydrogens (tertiary/aromatic N) is 1. The molecule has 1 aromatic carbocycles. The van der Waals surface area contributed by atoms with Crippen LogP contribution in [-0.4, -0.2) is 50.6 Å². The van der Waals surface area contributed by atoms with E-state index in [1.807, 2.05) is 0 Å². The third-order valence-corrected chi connectivity index (χ3v) is 5.31. The predicted molar refractivity (Wildman–Crippen MR) is 74.1 cm³/mol. The molecule has 1 aliphatic rings. The molecule has 8 heteroatoms. The Bertz CT molecular complexity index is 620. The van der Waals surface area contributed by atoms with Crippen LogP contribution in [0.5, 0.6) is 11.5 Å². The molecular formula is C13H17NO6S. The lowest BCUT2D eigenvalue weighted by atomic mass is 10.2. The highest BCUT2D eigenvalue weighted by molar-refractivity contribution is 7.89. The lowest BCUT2D eigenvalue weighted by Crippen LogP contribution is -2.40. The molecule has 2 rings (SSSR count). The van der Waals surface area contributed by atoms with Gasteiger partial charge in [-0.15, -0.1) is 0 Å². The first kappa shape index (κ1) is 15.6.